The maximum atomic E-state index is 13.0. The summed E-state index contributed by atoms with van der Waals surface area (Å²) in [6.07, 6.45) is 0.225. The first-order valence-electron chi connectivity index (χ1n) is 9.45. The lowest BCUT2D eigenvalue weighted by molar-refractivity contribution is -0.116. The fourth-order valence-electron chi connectivity index (χ4n) is 4.10. The van der Waals surface area contributed by atoms with Gasteiger partial charge in [-0.15, -0.1) is 0 Å². The first kappa shape index (κ1) is 16.9. The predicted octanol–water partition coefficient (Wildman–Crippen LogP) is 2.23. The molecule has 3 heterocycles. The molecule has 1 amide bonds. The smallest absolute Gasteiger partial charge is 0.258 e. The molecule has 28 heavy (non-hydrogen) atoms. The normalized spacial score (nSPS) is 19.4. The number of aromatic nitrogens is 2. The van der Waals surface area contributed by atoms with Crippen LogP contribution >= 0.6 is 0 Å². The van der Waals surface area contributed by atoms with Gasteiger partial charge in [-0.25, -0.2) is 0 Å². The number of nitrogens with zero attached hydrogens (tertiary/aromatic N) is 2. The Labute approximate surface area is 161 Å². The SMILES string of the molecule is O=C1CC(c2cccc3ccccc23)c2c(nc(N3CCOCC3)[nH]c2=O)N1. The number of nitrogens with one attached hydrogen (secondary N) is 2. The number of hydrogen-bond acceptors (Lipinski definition) is 5. The Morgan fingerprint density at radius 3 is 2.68 bits per heavy atom. The highest BCUT2D eigenvalue weighted by molar-refractivity contribution is 5.96. The van der Waals surface area contributed by atoms with Gasteiger partial charge >= 0.3 is 0 Å². The lowest BCUT2D eigenvalue weighted by Gasteiger charge is -2.30. The summed E-state index contributed by atoms with van der Waals surface area (Å²) in [4.78, 5) is 35.0. The second-order valence-electron chi connectivity index (χ2n) is 7.12. The number of benzene rings is 2. The van der Waals surface area contributed by atoms with Crippen LogP contribution in [-0.4, -0.2) is 42.2 Å². The number of anilines is 2. The molecule has 2 aliphatic rings. The van der Waals surface area contributed by atoms with E-state index in [1.54, 1.807) is 0 Å². The minimum absolute atomic E-state index is 0.128. The zero-order valence-corrected chi connectivity index (χ0v) is 15.3. The van der Waals surface area contributed by atoms with Crippen molar-refractivity contribution in [2.24, 2.45) is 0 Å². The zero-order chi connectivity index (χ0) is 19.1. The van der Waals surface area contributed by atoms with Gasteiger partial charge in [-0.3, -0.25) is 14.6 Å². The molecule has 7 heteroatoms. The van der Waals surface area contributed by atoms with Crippen molar-refractivity contribution in [1.29, 1.82) is 0 Å². The molecule has 0 aliphatic carbocycles. The minimum Gasteiger partial charge on any atom is -0.378 e. The van der Waals surface area contributed by atoms with Crippen LogP contribution in [0.15, 0.2) is 47.3 Å². The molecule has 0 bridgehead atoms. The average Bonchev–Trinajstić information content (AvgIpc) is 2.73. The van der Waals surface area contributed by atoms with Crippen molar-refractivity contribution in [1.82, 2.24) is 9.97 Å². The van der Waals surface area contributed by atoms with Gasteiger partial charge in [0, 0.05) is 25.4 Å². The summed E-state index contributed by atoms with van der Waals surface area (Å²) in [7, 11) is 0. The largest absolute Gasteiger partial charge is 0.378 e. The first-order valence-corrected chi connectivity index (χ1v) is 9.45. The van der Waals surface area contributed by atoms with E-state index in [-0.39, 0.29) is 23.8 Å². The summed E-state index contributed by atoms with van der Waals surface area (Å²) in [5.74, 6) is 0.381. The van der Waals surface area contributed by atoms with E-state index in [0.29, 0.717) is 43.6 Å². The van der Waals surface area contributed by atoms with Gasteiger partial charge in [0.15, 0.2) is 0 Å². The Bertz CT molecular complexity index is 1110. The van der Waals surface area contributed by atoms with Crippen molar-refractivity contribution in [3.63, 3.8) is 0 Å². The Hall–Kier alpha value is -3.19. The Morgan fingerprint density at radius 1 is 1.04 bits per heavy atom. The second-order valence-corrected chi connectivity index (χ2v) is 7.12. The predicted molar refractivity (Wildman–Crippen MR) is 107 cm³/mol. The Morgan fingerprint density at radius 2 is 1.82 bits per heavy atom. The summed E-state index contributed by atoms with van der Waals surface area (Å²) in [6.45, 7) is 2.49. The molecule has 1 aromatic heterocycles. The number of H-pyrrole nitrogens is 1. The van der Waals surface area contributed by atoms with Crippen molar-refractivity contribution in [3.05, 3.63) is 63.9 Å². The van der Waals surface area contributed by atoms with Gasteiger partial charge in [-0.05, 0) is 16.3 Å². The number of morpholine rings is 1. The molecule has 7 nitrogen and oxygen atoms in total. The van der Waals surface area contributed by atoms with Crippen molar-refractivity contribution in [2.75, 3.05) is 36.5 Å². The lowest BCUT2D eigenvalue weighted by atomic mass is 9.84. The fraction of sp³-hybridized carbons (Fsp3) is 0.286. The molecule has 0 spiro atoms. The number of ether oxygens (including phenoxy) is 1. The number of carbonyl (C=O) groups is 1. The highest BCUT2D eigenvalue weighted by Gasteiger charge is 2.32. The summed E-state index contributed by atoms with van der Waals surface area (Å²) >= 11 is 0. The van der Waals surface area contributed by atoms with Gasteiger partial charge in [-0.2, -0.15) is 4.98 Å². The van der Waals surface area contributed by atoms with E-state index in [1.807, 2.05) is 47.4 Å². The van der Waals surface area contributed by atoms with Crippen LogP contribution in [0.1, 0.15) is 23.5 Å². The van der Waals surface area contributed by atoms with E-state index in [1.165, 1.54) is 0 Å². The standard InChI is InChI=1S/C21H20N4O3/c26-17-12-16(15-7-3-5-13-4-1-2-6-14(13)15)18-19(22-17)23-21(24-20(18)27)25-8-10-28-11-9-25/h1-7,16H,8-12H2,(H2,22,23,24,26,27). The van der Waals surface area contributed by atoms with Gasteiger partial charge in [0.1, 0.15) is 5.82 Å². The number of fused-ring (bicyclic) bond motifs is 2. The van der Waals surface area contributed by atoms with Gasteiger partial charge in [0.2, 0.25) is 11.9 Å². The van der Waals surface area contributed by atoms with Crippen LogP contribution in [0, 0.1) is 0 Å². The van der Waals surface area contributed by atoms with E-state index in [4.69, 9.17) is 4.74 Å². The summed E-state index contributed by atoms with van der Waals surface area (Å²) < 4.78 is 5.37. The number of hydrogen-bond donors (Lipinski definition) is 2. The molecule has 2 N–H and O–H groups in total. The third-order valence-corrected chi connectivity index (χ3v) is 5.45. The van der Waals surface area contributed by atoms with E-state index >= 15 is 0 Å². The van der Waals surface area contributed by atoms with E-state index in [0.717, 1.165) is 16.3 Å². The van der Waals surface area contributed by atoms with Crippen LogP contribution in [0.3, 0.4) is 0 Å². The quantitative estimate of drug-likeness (QED) is 0.716. The molecule has 1 saturated heterocycles. The van der Waals surface area contributed by atoms with Crippen LogP contribution in [0.4, 0.5) is 11.8 Å². The van der Waals surface area contributed by atoms with Crippen LogP contribution < -0.4 is 15.8 Å². The summed E-state index contributed by atoms with van der Waals surface area (Å²) in [5, 5.41) is 4.93. The molecular weight excluding hydrogens is 356 g/mol. The molecule has 5 rings (SSSR count). The van der Waals surface area contributed by atoms with Crippen molar-refractivity contribution < 1.29 is 9.53 Å². The van der Waals surface area contributed by atoms with E-state index in [2.05, 4.69) is 15.3 Å². The van der Waals surface area contributed by atoms with Gasteiger partial charge in [-0.1, -0.05) is 42.5 Å². The van der Waals surface area contributed by atoms with Gasteiger partial charge in [0.05, 0.1) is 18.8 Å². The maximum absolute atomic E-state index is 13.0. The molecule has 2 aromatic carbocycles. The second kappa shape index (κ2) is 6.76. The molecule has 2 aliphatic heterocycles. The number of amides is 1. The molecule has 3 aromatic rings. The van der Waals surface area contributed by atoms with Gasteiger partial charge in [0.25, 0.3) is 5.56 Å². The molecule has 1 unspecified atom stereocenters. The molecular formula is C21H20N4O3. The summed E-state index contributed by atoms with van der Waals surface area (Å²) in [5.41, 5.74) is 1.29. The molecule has 0 saturated carbocycles. The van der Waals surface area contributed by atoms with E-state index in [9.17, 15) is 9.59 Å². The number of rotatable bonds is 2. The number of carbonyl (C=O) groups excluding carboxylic acids is 1. The van der Waals surface area contributed by atoms with E-state index < -0.39 is 0 Å². The van der Waals surface area contributed by atoms with Gasteiger partial charge < -0.3 is 15.0 Å². The van der Waals surface area contributed by atoms with Crippen molar-refractivity contribution in [3.8, 4) is 0 Å². The third kappa shape index (κ3) is 2.84. The molecule has 142 valence electrons. The zero-order valence-electron chi connectivity index (χ0n) is 15.3. The third-order valence-electron chi connectivity index (χ3n) is 5.45. The monoisotopic (exact) mass is 376 g/mol. The summed E-state index contributed by atoms with van der Waals surface area (Å²) in [6, 6.07) is 14.0. The lowest BCUT2D eigenvalue weighted by Crippen LogP contribution is -2.40. The molecule has 1 fully saturated rings. The molecule has 1 atom stereocenters. The minimum atomic E-state index is -0.329. The Kier molecular flexibility index (Phi) is 4.09. The van der Waals surface area contributed by atoms with Crippen molar-refractivity contribution in [2.45, 2.75) is 12.3 Å². The number of aromatic amines is 1. The average molecular weight is 376 g/mol. The maximum Gasteiger partial charge on any atom is 0.258 e. The van der Waals surface area contributed by atoms with Crippen LogP contribution in [0.25, 0.3) is 10.8 Å². The first-order chi connectivity index (χ1) is 13.7. The van der Waals surface area contributed by atoms with Crippen LogP contribution in [-0.2, 0) is 9.53 Å². The Balaban J connectivity index is 1.65. The fourth-order valence-corrected chi connectivity index (χ4v) is 4.10. The highest BCUT2D eigenvalue weighted by atomic mass is 16.5. The van der Waals surface area contributed by atoms with Crippen molar-refractivity contribution >= 4 is 28.4 Å². The highest BCUT2D eigenvalue weighted by Crippen LogP contribution is 2.37. The van der Waals surface area contributed by atoms with Crippen LogP contribution in [0.5, 0.6) is 0 Å². The van der Waals surface area contributed by atoms with Crippen LogP contribution in [0.2, 0.25) is 0 Å². The topological polar surface area (TPSA) is 87.3 Å². The molecule has 0 radical (unpaired) electrons.